The summed E-state index contributed by atoms with van der Waals surface area (Å²) >= 11 is 3.53. The van der Waals surface area contributed by atoms with Gasteiger partial charge >= 0.3 is 0 Å². The highest BCUT2D eigenvalue weighted by atomic mass is 79.9. The molecule has 0 saturated carbocycles. The Balaban J connectivity index is 1.91. The van der Waals surface area contributed by atoms with Gasteiger partial charge in [-0.15, -0.1) is 0 Å². The first-order valence-electron chi connectivity index (χ1n) is 12.9. The van der Waals surface area contributed by atoms with Gasteiger partial charge in [0.2, 0.25) is 11.8 Å². The van der Waals surface area contributed by atoms with Crippen molar-refractivity contribution in [3.8, 4) is 11.5 Å². The first-order chi connectivity index (χ1) is 18.3. The van der Waals surface area contributed by atoms with Crippen LogP contribution in [0.5, 0.6) is 11.5 Å². The summed E-state index contributed by atoms with van der Waals surface area (Å²) in [6.45, 7) is 4.34. The number of carbonyl (C=O) groups excluding carboxylic acids is 2. The Morgan fingerprint density at radius 3 is 2.26 bits per heavy atom. The minimum atomic E-state index is -0.650. The van der Waals surface area contributed by atoms with Crippen LogP contribution in [0, 0.1) is 0 Å². The van der Waals surface area contributed by atoms with Crippen molar-refractivity contribution in [1.29, 1.82) is 0 Å². The molecule has 38 heavy (non-hydrogen) atoms. The predicted octanol–water partition coefficient (Wildman–Crippen LogP) is 5.95. The number of ether oxygens (including phenoxy) is 2. The normalized spacial score (nSPS) is 12.3. The van der Waals surface area contributed by atoms with Crippen molar-refractivity contribution < 1.29 is 19.1 Å². The fourth-order valence-electron chi connectivity index (χ4n) is 4.26. The maximum absolute atomic E-state index is 13.9. The highest BCUT2D eigenvalue weighted by Crippen LogP contribution is 2.28. The molecule has 0 aliphatic rings. The number of rotatable bonds is 13. The van der Waals surface area contributed by atoms with Gasteiger partial charge < -0.3 is 19.7 Å². The Hall–Kier alpha value is -3.32. The monoisotopic (exact) mass is 580 g/mol. The molecule has 6 nitrogen and oxygen atoms in total. The quantitative estimate of drug-likeness (QED) is 0.271. The predicted molar refractivity (Wildman–Crippen MR) is 154 cm³/mol. The van der Waals surface area contributed by atoms with E-state index in [0.29, 0.717) is 30.9 Å². The lowest BCUT2D eigenvalue weighted by Gasteiger charge is -2.32. The molecular weight excluding hydrogens is 544 g/mol. The minimum absolute atomic E-state index is 0.00959. The Kier molecular flexibility index (Phi) is 11.2. The van der Waals surface area contributed by atoms with Gasteiger partial charge in [0, 0.05) is 29.9 Å². The molecule has 0 heterocycles. The highest BCUT2D eigenvalue weighted by molar-refractivity contribution is 9.10. The van der Waals surface area contributed by atoms with Gasteiger partial charge in [-0.25, -0.2) is 0 Å². The minimum Gasteiger partial charge on any atom is -0.493 e. The number of aryl methyl sites for hydroxylation is 1. The van der Waals surface area contributed by atoms with Gasteiger partial charge in [0.05, 0.1) is 14.2 Å². The zero-order valence-corrected chi connectivity index (χ0v) is 24.2. The molecule has 1 N–H and O–H groups in total. The second-order valence-electron chi connectivity index (χ2n) is 9.36. The van der Waals surface area contributed by atoms with E-state index in [4.69, 9.17) is 9.47 Å². The molecule has 0 spiro atoms. The average molecular weight is 582 g/mol. The molecule has 3 aromatic carbocycles. The number of nitrogens with zero attached hydrogens (tertiary/aromatic N) is 1. The first-order valence-corrected chi connectivity index (χ1v) is 13.7. The number of nitrogens with one attached hydrogen (secondary N) is 1. The van der Waals surface area contributed by atoms with E-state index < -0.39 is 6.04 Å². The van der Waals surface area contributed by atoms with E-state index in [9.17, 15) is 9.59 Å². The summed E-state index contributed by atoms with van der Waals surface area (Å²) < 4.78 is 11.7. The lowest BCUT2D eigenvalue weighted by molar-refractivity contribution is -0.141. The highest BCUT2D eigenvalue weighted by Gasteiger charge is 2.30. The van der Waals surface area contributed by atoms with Crippen LogP contribution < -0.4 is 14.8 Å². The summed E-state index contributed by atoms with van der Waals surface area (Å²) in [5, 5.41) is 3.11. The summed E-state index contributed by atoms with van der Waals surface area (Å²) in [5.74, 6) is 1.04. The van der Waals surface area contributed by atoms with Crippen LogP contribution in [-0.4, -0.2) is 43.0 Å². The van der Waals surface area contributed by atoms with E-state index in [0.717, 1.165) is 27.6 Å². The lowest BCUT2D eigenvalue weighted by Crippen LogP contribution is -2.52. The Morgan fingerprint density at radius 2 is 1.61 bits per heavy atom. The Labute approximate surface area is 234 Å². The third kappa shape index (κ3) is 8.35. The number of amides is 2. The Morgan fingerprint density at radius 1 is 0.895 bits per heavy atom. The summed E-state index contributed by atoms with van der Waals surface area (Å²) in [7, 11) is 3.19. The van der Waals surface area contributed by atoms with E-state index in [-0.39, 0.29) is 24.3 Å². The van der Waals surface area contributed by atoms with Crippen LogP contribution in [0.25, 0.3) is 0 Å². The first kappa shape index (κ1) is 29.2. The van der Waals surface area contributed by atoms with E-state index in [1.165, 1.54) is 0 Å². The maximum atomic E-state index is 13.9. The molecule has 2 unspecified atom stereocenters. The van der Waals surface area contributed by atoms with Gasteiger partial charge in [-0.3, -0.25) is 9.59 Å². The van der Waals surface area contributed by atoms with Crippen molar-refractivity contribution in [2.24, 2.45) is 0 Å². The molecule has 3 rings (SSSR count). The van der Waals surface area contributed by atoms with Crippen LogP contribution in [0.3, 0.4) is 0 Å². The zero-order valence-electron chi connectivity index (χ0n) is 22.6. The number of hydrogen-bond acceptors (Lipinski definition) is 4. The molecular formula is C31H37BrN2O4. The van der Waals surface area contributed by atoms with Crippen molar-refractivity contribution in [2.45, 2.75) is 58.2 Å². The van der Waals surface area contributed by atoms with Gasteiger partial charge in [-0.05, 0) is 60.7 Å². The zero-order chi connectivity index (χ0) is 27.5. The van der Waals surface area contributed by atoms with Crippen LogP contribution in [0.1, 0.15) is 43.4 Å². The second-order valence-corrected chi connectivity index (χ2v) is 10.3. The van der Waals surface area contributed by atoms with Gasteiger partial charge in [0.25, 0.3) is 0 Å². The molecule has 0 saturated heterocycles. The van der Waals surface area contributed by atoms with Gasteiger partial charge in [-0.1, -0.05) is 71.4 Å². The molecule has 0 bridgehead atoms. The molecule has 0 aliphatic heterocycles. The molecule has 0 aromatic heterocycles. The molecule has 7 heteroatoms. The molecule has 202 valence electrons. The number of hydrogen-bond donors (Lipinski definition) is 1. The lowest BCUT2D eigenvalue weighted by atomic mass is 10.0. The summed E-state index contributed by atoms with van der Waals surface area (Å²) in [6, 6.07) is 22.7. The van der Waals surface area contributed by atoms with Gasteiger partial charge in [0.15, 0.2) is 11.5 Å². The van der Waals surface area contributed by atoms with Crippen molar-refractivity contribution in [2.75, 3.05) is 14.2 Å². The Bertz CT molecular complexity index is 1200. The van der Waals surface area contributed by atoms with Crippen LogP contribution in [-0.2, 0) is 29.0 Å². The molecule has 2 amide bonds. The number of carbonyl (C=O) groups is 2. The van der Waals surface area contributed by atoms with E-state index in [1.807, 2.05) is 86.6 Å². The molecule has 2 atom stereocenters. The fraction of sp³-hybridized carbons (Fsp3) is 0.355. The van der Waals surface area contributed by atoms with Gasteiger partial charge in [0.1, 0.15) is 6.04 Å². The second kappa shape index (κ2) is 14.6. The van der Waals surface area contributed by atoms with Crippen LogP contribution in [0.15, 0.2) is 77.3 Å². The van der Waals surface area contributed by atoms with Crippen molar-refractivity contribution in [3.05, 3.63) is 94.0 Å². The third-order valence-corrected chi connectivity index (χ3v) is 7.08. The van der Waals surface area contributed by atoms with Gasteiger partial charge in [-0.2, -0.15) is 0 Å². The van der Waals surface area contributed by atoms with Crippen LogP contribution >= 0.6 is 15.9 Å². The van der Waals surface area contributed by atoms with Crippen LogP contribution in [0.2, 0.25) is 0 Å². The third-order valence-electron chi connectivity index (χ3n) is 6.59. The van der Waals surface area contributed by atoms with E-state index in [1.54, 1.807) is 19.1 Å². The average Bonchev–Trinajstić information content (AvgIpc) is 2.93. The smallest absolute Gasteiger partial charge is 0.243 e. The van der Waals surface area contributed by atoms with Crippen molar-refractivity contribution in [1.82, 2.24) is 10.2 Å². The largest absolute Gasteiger partial charge is 0.493 e. The summed E-state index contributed by atoms with van der Waals surface area (Å²) in [4.78, 5) is 29.2. The van der Waals surface area contributed by atoms with Crippen molar-refractivity contribution >= 4 is 27.7 Å². The molecule has 3 aromatic rings. The number of methoxy groups -OCH3 is 2. The SMILES string of the molecule is CCC(C)NC(=O)C(Cc1ccccc1)N(Cc1cccc(Br)c1)C(=O)CCc1ccc(OC)c(OC)c1. The van der Waals surface area contributed by atoms with E-state index >= 15 is 0 Å². The summed E-state index contributed by atoms with van der Waals surface area (Å²) in [6.07, 6.45) is 2.01. The van der Waals surface area contributed by atoms with E-state index in [2.05, 4.69) is 21.2 Å². The van der Waals surface area contributed by atoms with Crippen molar-refractivity contribution in [3.63, 3.8) is 0 Å². The maximum Gasteiger partial charge on any atom is 0.243 e. The topological polar surface area (TPSA) is 67.9 Å². The molecule has 0 aliphatic carbocycles. The number of benzene rings is 3. The molecule has 0 fully saturated rings. The standard InChI is InChI=1S/C31H37BrN2O4/c1-5-22(2)33-31(36)27(19-23-10-7-6-8-11-23)34(21-25-12-9-13-26(32)18-25)30(35)17-15-24-14-16-28(37-3)29(20-24)38-4/h6-14,16,18,20,22,27H,5,15,17,19,21H2,1-4H3,(H,33,36). The number of halogens is 1. The molecule has 0 radical (unpaired) electrons. The van der Waals surface area contributed by atoms with Crippen LogP contribution in [0.4, 0.5) is 0 Å². The fourth-order valence-corrected chi connectivity index (χ4v) is 4.70. The summed E-state index contributed by atoms with van der Waals surface area (Å²) in [5.41, 5.74) is 2.92.